The van der Waals surface area contributed by atoms with Crippen molar-refractivity contribution in [1.29, 1.82) is 0 Å². The molecule has 0 heterocycles. The molecule has 20 heavy (non-hydrogen) atoms. The number of rotatable bonds is 4. The highest BCUT2D eigenvalue weighted by Crippen LogP contribution is 2.27. The average molecular weight is 311 g/mol. The van der Waals surface area contributed by atoms with E-state index < -0.39 is 11.8 Å². The molecule has 0 radical (unpaired) electrons. The molecule has 6 heteroatoms. The molecule has 0 aliphatic carbocycles. The predicted molar refractivity (Wildman–Crippen MR) is 74.9 cm³/mol. The Bertz CT molecular complexity index is 665. The first-order valence-electron chi connectivity index (χ1n) is 5.48. The van der Waals surface area contributed by atoms with E-state index in [1.54, 1.807) is 24.3 Å². The third kappa shape index (κ3) is 3.29. The Labute approximate surface area is 124 Å². The summed E-state index contributed by atoms with van der Waals surface area (Å²) in [6.45, 7) is 0. The minimum absolute atomic E-state index is 0.0175. The molecular weight excluding hydrogens is 303 g/mol. The van der Waals surface area contributed by atoms with Crippen LogP contribution in [0, 0.1) is 0 Å². The number of hydrogen-bond acceptors (Lipinski definition) is 3. The van der Waals surface area contributed by atoms with Gasteiger partial charge in [-0.3, -0.25) is 4.79 Å². The van der Waals surface area contributed by atoms with Crippen LogP contribution in [0.2, 0.25) is 10.0 Å². The summed E-state index contributed by atoms with van der Waals surface area (Å²) >= 11 is 11.6. The van der Waals surface area contributed by atoms with E-state index in [1.165, 1.54) is 18.2 Å². The van der Waals surface area contributed by atoms with E-state index >= 15 is 0 Å². The van der Waals surface area contributed by atoms with Crippen LogP contribution in [0.15, 0.2) is 42.5 Å². The minimum atomic E-state index is -1.56. The summed E-state index contributed by atoms with van der Waals surface area (Å²) in [6, 6.07) is 10.8. The molecule has 4 nitrogen and oxygen atoms in total. The molecule has 102 valence electrons. The Kier molecular flexibility index (Phi) is 4.27. The molecule has 2 aromatic rings. The highest BCUT2D eigenvalue weighted by Gasteiger charge is 2.18. The second-order valence-corrected chi connectivity index (χ2v) is 4.68. The van der Waals surface area contributed by atoms with Gasteiger partial charge in [0.25, 0.3) is 5.78 Å². The number of benzene rings is 2. The number of ether oxygens (including phenoxy) is 1. The van der Waals surface area contributed by atoms with E-state index in [9.17, 15) is 9.59 Å². The summed E-state index contributed by atoms with van der Waals surface area (Å²) in [5.74, 6) is -1.69. The van der Waals surface area contributed by atoms with Gasteiger partial charge in [-0.25, -0.2) is 4.79 Å². The molecule has 0 unspecified atom stereocenters. The van der Waals surface area contributed by atoms with Crippen molar-refractivity contribution in [3.8, 4) is 11.5 Å². The predicted octanol–water partition coefficient (Wildman–Crippen LogP) is 4.05. The Balaban J connectivity index is 2.23. The van der Waals surface area contributed by atoms with E-state index in [0.717, 1.165) is 0 Å². The summed E-state index contributed by atoms with van der Waals surface area (Å²) in [7, 11) is 0. The summed E-state index contributed by atoms with van der Waals surface area (Å²) in [4.78, 5) is 21.9. The van der Waals surface area contributed by atoms with E-state index in [0.29, 0.717) is 16.5 Å². The summed E-state index contributed by atoms with van der Waals surface area (Å²) in [5.41, 5.74) is -0.0809. The van der Waals surface area contributed by atoms with Gasteiger partial charge in [0, 0.05) is 16.7 Å². The van der Waals surface area contributed by atoms with Crippen molar-refractivity contribution in [2.24, 2.45) is 0 Å². The first-order valence-corrected chi connectivity index (χ1v) is 6.23. The Morgan fingerprint density at radius 2 is 1.55 bits per heavy atom. The van der Waals surface area contributed by atoms with Gasteiger partial charge in [0.15, 0.2) is 0 Å². The molecule has 0 fully saturated rings. The Morgan fingerprint density at radius 1 is 0.950 bits per heavy atom. The first-order chi connectivity index (χ1) is 9.47. The molecule has 0 saturated carbocycles. The zero-order chi connectivity index (χ0) is 14.7. The quantitative estimate of drug-likeness (QED) is 0.683. The number of carbonyl (C=O) groups excluding carboxylic acids is 1. The fraction of sp³-hybridized carbons (Fsp3) is 0. The van der Waals surface area contributed by atoms with Gasteiger partial charge >= 0.3 is 5.97 Å². The number of ketones is 1. The van der Waals surface area contributed by atoms with Gasteiger partial charge in [-0.05, 0) is 36.4 Å². The largest absolute Gasteiger partial charge is 0.475 e. The molecule has 0 saturated heterocycles. The normalized spacial score (nSPS) is 10.1. The molecule has 0 bridgehead atoms. The van der Waals surface area contributed by atoms with E-state index in [1.807, 2.05) is 0 Å². The lowest BCUT2D eigenvalue weighted by Crippen LogP contribution is -2.13. The van der Waals surface area contributed by atoms with Crippen LogP contribution >= 0.6 is 23.2 Å². The van der Waals surface area contributed by atoms with Crippen LogP contribution in [0.4, 0.5) is 0 Å². The Morgan fingerprint density at radius 3 is 2.10 bits per heavy atom. The van der Waals surface area contributed by atoms with Gasteiger partial charge in [-0.2, -0.15) is 0 Å². The number of carboxylic acids is 1. The SMILES string of the molecule is O=C(O)C(=O)c1ccc(Oc2ccc(Cl)cc2)cc1Cl. The van der Waals surface area contributed by atoms with Gasteiger partial charge in [-0.15, -0.1) is 0 Å². The molecule has 0 aliphatic rings. The van der Waals surface area contributed by atoms with Crippen molar-refractivity contribution in [1.82, 2.24) is 0 Å². The second kappa shape index (κ2) is 5.94. The van der Waals surface area contributed by atoms with E-state index in [-0.39, 0.29) is 10.6 Å². The van der Waals surface area contributed by atoms with Crippen LogP contribution < -0.4 is 4.74 Å². The van der Waals surface area contributed by atoms with E-state index in [2.05, 4.69) is 0 Å². The molecule has 0 atom stereocenters. The van der Waals surface area contributed by atoms with Crippen molar-refractivity contribution < 1.29 is 19.4 Å². The van der Waals surface area contributed by atoms with Crippen LogP contribution in [-0.2, 0) is 4.79 Å². The average Bonchev–Trinajstić information content (AvgIpc) is 2.41. The molecule has 0 aliphatic heterocycles. The maximum Gasteiger partial charge on any atom is 0.377 e. The Hall–Kier alpha value is -2.04. The lowest BCUT2D eigenvalue weighted by Gasteiger charge is -2.07. The van der Waals surface area contributed by atoms with Gasteiger partial charge in [-0.1, -0.05) is 23.2 Å². The second-order valence-electron chi connectivity index (χ2n) is 3.83. The highest BCUT2D eigenvalue weighted by molar-refractivity contribution is 6.45. The maximum atomic E-state index is 11.3. The molecule has 2 rings (SSSR count). The lowest BCUT2D eigenvalue weighted by molar-refractivity contribution is -0.131. The fourth-order valence-electron chi connectivity index (χ4n) is 1.50. The standard InChI is InChI=1S/C14H8Cl2O4/c15-8-1-3-9(4-2-8)20-10-5-6-11(12(16)7-10)13(17)14(18)19/h1-7H,(H,18,19). The van der Waals surface area contributed by atoms with Crippen LogP contribution in [-0.4, -0.2) is 16.9 Å². The third-order valence-corrected chi connectivity index (χ3v) is 2.99. The topological polar surface area (TPSA) is 63.6 Å². The first kappa shape index (κ1) is 14.4. The van der Waals surface area contributed by atoms with Crippen molar-refractivity contribution in [2.45, 2.75) is 0 Å². The summed E-state index contributed by atoms with van der Waals surface area (Å²) in [6.07, 6.45) is 0. The molecule has 0 aromatic heterocycles. The van der Waals surface area contributed by atoms with Crippen molar-refractivity contribution >= 4 is 35.0 Å². The van der Waals surface area contributed by atoms with Crippen LogP contribution in [0.5, 0.6) is 11.5 Å². The monoisotopic (exact) mass is 310 g/mol. The van der Waals surface area contributed by atoms with Gasteiger partial charge in [0.2, 0.25) is 0 Å². The van der Waals surface area contributed by atoms with Crippen molar-refractivity contribution in [3.63, 3.8) is 0 Å². The number of halogens is 2. The van der Waals surface area contributed by atoms with E-state index in [4.69, 9.17) is 33.0 Å². The number of aliphatic carboxylic acids is 1. The number of hydrogen-bond donors (Lipinski definition) is 1. The molecule has 0 amide bonds. The molecule has 1 N–H and O–H groups in total. The highest BCUT2D eigenvalue weighted by atomic mass is 35.5. The molecular formula is C14H8Cl2O4. The zero-order valence-corrected chi connectivity index (χ0v) is 11.5. The van der Waals surface area contributed by atoms with Gasteiger partial charge in [0.1, 0.15) is 11.5 Å². The summed E-state index contributed by atoms with van der Waals surface area (Å²) in [5, 5.41) is 9.24. The number of Topliss-reactive ketones (excluding diaryl/α,β-unsaturated/α-hetero) is 1. The smallest absolute Gasteiger partial charge is 0.377 e. The van der Waals surface area contributed by atoms with Gasteiger partial charge in [0.05, 0.1) is 5.02 Å². The van der Waals surface area contributed by atoms with Crippen molar-refractivity contribution in [3.05, 3.63) is 58.1 Å². The van der Waals surface area contributed by atoms with Crippen LogP contribution in [0.3, 0.4) is 0 Å². The molecule has 0 spiro atoms. The minimum Gasteiger partial charge on any atom is -0.475 e. The van der Waals surface area contributed by atoms with Crippen molar-refractivity contribution in [2.75, 3.05) is 0 Å². The van der Waals surface area contributed by atoms with Crippen LogP contribution in [0.25, 0.3) is 0 Å². The van der Waals surface area contributed by atoms with Crippen LogP contribution in [0.1, 0.15) is 10.4 Å². The zero-order valence-electron chi connectivity index (χ0n) is 9.97. The summed E-state index contributed by atoms with van der Waals surface area (Å²) < 4.78 is 5.51. The molecule has 2 aromatic carbocycles. The lowest BCUT2D eigenvalue weighted by atomic mass is 10.1. The van der Waals surface area contributed by atoms with Gasteiger partial charge < -0.3 is 9.84 Å². The number of carbonyl (C=O) groups is 2. The maximum absolute atomic E-state index is 11.3. The fourth-order valence-corrected chi connectivity index (χ4v) is 1.88. The third-order valence-electron chi connectivity index (χ3n) is 2.43. The number of carboxylic acid groups (broad SMARTS) is 1.